The number of aromatic nitrogens is 3. The molecule has 26 heavy (non-hydrogen) atoms. The van der Waals surface area contributed by atoms with Gasteiger partial charge in [0.2, 0.25) is 5.91 Å². The number of para-hydroxylation sites is 1. The van der Waals surface area contributed by atoms with Gasteiger partial charge >= 0.3 is 0 Å². The molecular weight excluding hydrogens is 333 g/mol. The molecule has 2 aromatic heterocycles. The third-order valence-electron chi connectivity index (χ3n) is 5.50. The second-order valence-electron chi connectivity index (χ2n) is 7.00. The van der Waals surface area contributed by atoms with Gasteiger partial charge in [-0.15, -0.1) is 5.10 Å². The van der Waals surface area contributed by atoms with Gasteiger partial charge in [-0.05, 0) is 37.6 Å². The van der Waals surface area contributed by atoms with E-state index in [4.69, 9.17) is 5.10 Å². The van der Waals surface area contributed by atoms with Crippen LogP contribution in [0.15, 0.2) is 42.6 Å². The first-order valence-corrected chi connectivity index (χ1v) is 8.81. The molecule has 0 bridgehead atoms. The van der Waals surface area contributed by atoms with E-state index in [1.165, 1.54) is 12.3 Å². The van der Waals surface area contributed by atoms with Crippen molar-refractivity contribution in [3.8, 4) is 11.4 Å². The quantitative estimate of drug-likeness (QED) is 0.768. The molecule has 5 rings (SSSR count). The molecule has 0 unspecified atom stereocenters. The molecule has 1 atom stereocenters. The first-order valence-electron chi connectivity index (χ1n) is 8.81. The summed E-state index contributed by atoms with van der Waals surface area (Å²) in [6.45, 7) is 2.25. The number of benzene rings is 1. The molecule has 0 aliphatic carbocycles. The van der Waals surface area contributed by atoms with Crippen molar-refractivity contribution in [2.45, 2.75) is 12.8 Å². The highest BCUT2D eigenvalue weighted by Gasteiger charge is 2.49. The number of hydrogen-bond acceptors (Lipinski definition) is 4. The van der Waals surface area contributed by atoms with Crippen LogP contribution in [0.5, 0.6) is 0 Å². The molecule has 2 saturated heterocycles. The lowest BCUT2D eigenvalue weighted by Gasteiger charge is -2.22. The Morgan fingerprint density at radius 3 is 2.81 bits per heavy atom. The number of halogens is 1. The molecule has 1 amide bonds. The summed E-state index contributed by atoms with van der Waals surface area (Å²) < 4.78 is 13.2. The Kier molecular flexibility index (Phi) is 3.33. The van der Waals surface area contributed by atoms with E-state index in [0.717, 1.165) is 36.8 Å². The second-order valence-corrected chi connectivity index (χ2v) is 7.00. The number of pyridine rings is 1. The number of nitrogens with zero attached hydrogens (tertiary/aromatic N) is 4. The first kappa shape index (κ1) is 15.5. The average molecular weight is 351 g/mol. The van der Waals surface area contributed by atoms with E-state index in [-0.39, 0.29) is 17.1 Å². The van der Waals surface area contributed by atoms with Gasteiger partial charge in [-0.2, -0.15) is 4.79 Å². The molecule has 3 aromatic rings. The molecule has 132 valence electrons. The van der Waals surface area contributed by atoms with Crippen molar-refractivity contribution in [3.63, 3.8) is 0 Å². The van der Waals surface area contributed by atoms with Gasteiger partial charge in [0.1, 0.15) is 11.5 Å². The van der Waals surface area contributed by atoms with Gasteiger partial charge < -0.3 is 5.32 Å². The fraction of sp³-hybridized carbons (Fsp3) is 0.316. The zero-order valence-corrected chi connectivity index (χ0v) is 14.2. The third-order valence-corrected chi connectivity index (χ3v) is 5.50. The van der Waals surface area contributed by atoms with Crippen LogP contribution in [0.2, 0.25) is 0 Å². The second kappa shape index (κ2) is 5.60. The van der Waals surface area contributed by atoms with E-state index in [0.29, 0.717) is 17.9 Å². The molecule has 2 fully saturated rings. The Balaban J connectivity index is 1.63. The van der Waals surface area contributed by atoms with Crippen LogP contribution in [0.3, 0.4) is 0 Å². The minimum absolute atomic E-state index is 0.120. The Bertz CT molecular complexity index is 991. The number of carbonyl (C=O) groups excluding carboxylic acids is 1. The molecule has 2 aliphatic heterocycles. The molecule has 6 nitrogen and oxygen atoms in total. The number of fused-ring (bicyclic) bond motifs is 1. The maximum absolute atomic E-state index is 13.2. The van der Waals surface area contributed by atoms with Crippen LogP contribution in [0, 0.1) is 11.2 Å². The number of nitrogens with one attached hydrogen (secondary N) is 1. The molecular formula is C19H18FN5O. The van der Waals surface area contributed by atoms with Crippen molar-refractivity contribution in [2.75, 3.05) is 24.6 Å². The van der Waals surface area contributed by atoms with Crippen LogP contribution in [-0.2, 0) is 4.79 Å². The van der Waals surface area contributed by atoms with Crippen molar-refractivity contribution < 1.29 is 9.18 Å². The summed E-state index contributed by atoms with van der Waals surface area (Å²) in [5.74, 6) is -0.266. The minimum atomic E-state index is -0.386. The van der Waals surface area contributed by atoms with E-state index in [9.17, 15) is 9.18 Å². The Morgan fingerprint density at radius 2 is 2.04 bits per heavy atom. The maximum atomic E-state index is 13.2. The lowest BCUT2D eigenvalue weighted by molar-refractivity contribution is -0.126. The van der Waals surface area contributed by atoms with Gasteiger partial charge in [-0.25, -0.2) is 9.40 Å². The van der Waals surface area contributed by atoms with E-state index >= 15 is 0 Å². The molecule has 0 saturated carbocycles. The minimum Gasteiger partial charge on any atom is -0.316 e. The van der Waals surface area contributed by atoms with Crippen molar-refractivity contribution in [1.82, 2.24) is 20.2 Å². The molecule has 1 N–H and O–H groups in total. The largest absolute Gasteiger partial charge is 0.316 e. The lowest BCUT2D eigenvalue weighted by Crippen LogP contribution is -2.42. The van der Waals surface area contributed by atoms with E-state index < -0.39 is 0 Å². The maximum Gasteiger partial charge on any atom is 0.250 e. The van der Waals surface area contributed by atoms with Gasteiger partial charge in [0.25, 0.3) is 0 Å². The molecule has 1 aromatic carbocycles. The topological polar surface area (TPSA) is 63.1 Å². The van der Waals surface area contributed by atoms with Gasteiger partial charge in [0.15, 0.2) is 0 Å². The smallest absolute Gasteiger partial charge is 0.250 e. The number of hydrogen-bond donors (Lipinski definition) is 1. The highest BCUT2D eigenvalue weighted by Crippen LogP contribution is 2.38. The zero-order chi connectivity index (χ0) is 17.7. The Hall–Kier alpha value is -2.80. The number of amides is 1. The fourth-order valence-corrected chi connectivity index (χ4v) is 4.06. The molecule has 7 heteroatoms. The van der Waals surface area contributed by atoms with E-state index in [1.54, 1.807) is 15.9 Å². The lowest BCUT2D eigenvalue weighted by atomic mass is 9.86. The number of carbonyl (C=O) groups is 1. The van der Waals surface area contributed by atoms with Gasteiger partial charge in [-0.3, -0.25) is 9.78 Å². The summed E-state index contributed by atoms with van der Waals surface area (Å²) in [6.07, 6.45) is 2.88. The van der Waals surface area contributed by atoms with Crippen LogP contribution in [0.4, 0.5) is 4.39 Å². The van der Waals surface area contributed by atoms with E-state index in [1.807, 2.05) is 24.3 Å². The Morgan fingerprint density at radius 1 is 1.15 bits per heavy atom. The van der Waals surface area contributed by atoms with Crippen molar-refractivity contribution >= 4 is 16.8 Å². The molecule has 1 spiro atoms. The van der Waals surface area contributed by atoms with Gasteiger partial charge in [0.05, 0.1) is 22.8 Å². The standard InChI is InChI=1S/C19H18FN5O/c20-13-5-6-15(22-11-13)17-14-3-1-2-4-16(14)25(23-17)24-10-8-19(18(24)26)7-9-21-12-19/h1-6,11,21H,7-10,12H2/t19-/m0/s1. The predicted octanol–water partition coefficient (Wildman–Crippen LogP) is 2.09. The number of rotatable bonds is 2. The zero-order valence-electron chi connectivity index (χ0n) is 14.2. The average Bonchev–Trinajstić information content (AvgIpc) is 3.36. The summed E-state index contributed by atoms with van der Waals surface area (Å²) in [7, 11) is 0. The third kappa shape index (κ3) is 2.17. The van der Waals surface area contributed by atoms with Crippen LogP contribution in [0.25, 0.3) is 22.3 Å². The van der Waals surface area contributed by atoms with E-state index in [2.05, 4.69) is 10.3 Å². The summed E-state index contributed by atoms with van der Waals surface area (Å²) in [5, 5.41) is 10.6. The van der Waals surface area contributed by atoms with Crippen molar-refractivity contribution in [2.24, 2.45) is 5.41 Å². The highest BCUT2D eigenvalue weighted by molar-refractivity contribution is 5.98. The normalized spacial score (nSPS) is 22.8. The van der Waals surface area contributed by atoms with Crippen molar-refractivity contribution in [1.29, 1.82) is 0 Å². The molecule has 4 heterocycles. The summed E-state index contributed by atoms with van der Waals surface area (Å²) in [5.41, 5.74) is 1.79. The fourth-order valence-electron chi connectivity index (χ4n) is 4.06. The summed E-state index contributed by atoms with van der Waals surface area (Å²) in [6, 6.07) is 10.7. The first-order chi connectivity index (χ1) is 12.7. The molecule has 0 radical (unpaired) electrons. The van der Waals surface area contributed by atoms with Crippen LogP contribution in [0.1, 0.15) is 12.8 Å². The highest BCUT2D eigenvalue weighted by atomic mass is 19.1. The SMILES string of the molecule is O=C1N(n2nc(-c3ccc(F)cn3)c3ccccc32)CC[C@]12CCNC2. The van der Waals surface area contributed by atoms with Crippen LogP contribution in [-0.4, -0.2) is 40.4 Å². The summed E-state index contributed by atoms with van der Waals surface area (Å²) >= 11 is 0. The molecule has 2 aliphatic rings. The Labute approximate surface area is 149 Å². The van der Waals surface area contributed by atoms with Crippen LogP contribution < -0.4 is 10.3 Å². The van der Waals surface area contributed by atoms with Crippen molar-refractivity contribution in [3.05, 3.63) is 48.4 Å². The van der Waals surface area contributed by atoms with Gasteiger partial charge in [0, 0.05) is 18.5 Å². The van der Waals surface area contributed by atoms with Gasteiger partial charge in [-0.1, -0.05) is 18.2 Å². The monoisotopic (exact) mass is 351 g/mol. The van der Waals surface area contributed by atoms with Crippen LogP contribution >= 0.6 is 0 Å². The predicted molar refractivity (Wildman–Crippen MR) is 95.5 cm³/mol. The summed E-state index contributed by atoms with van der Waals surface area (Å²) in [4.78, 5) is 19.0.